The zero-order valence-electron chi connectivity index (χ0n) is 11.0. The number of carbonyl (C=O) groups excluding carboxylic acids is 3. The molecule has 1 heterocycles. The van der Waals surface area contributed by atoms with Crippen LogP contribution in [0.2, 0.25) is 0 Å². The van der Waals surface area contributed by atoms with E-state index in [1.165, 1.54) is 33.1 Å². The molecule has 1 aliphatic heterocycles. The van der Waals surface area contributed by atoms with Gasteiger partial charge in [-0.25, -0.2) is 0 Å². The first-order valence-corrected chi connectivity index (χ1v) is 5.70. The Hall–Kier alpha value is -2.05. The summed E-state index contributed by atoms with van der Waals surface area (Å²) in [6.07, 6.45) is 0.435. The van der Waals surface area contributed by atoms with E-state index >= 15 is 0 Å². The zero-order chi connectivity index (χ0) is 14.4. The Morgan fingerprint density at radius 3 is 2.21 bits per heavy atom. The Bertz CT molecular complexity index is 388. The average molecular weight is 272 g/mol. The second-order valence-corrected chi connectivity index (χ2v) is 3.95. The summed E-state index contributed by atoms with van der Waals surface area (Å²) in [6, 6.07) is 0. The van der Waals surface area contributed by atoms with E-state index in [0.717, 1.165) is 0 Å². The van der Waals surface area contributed by atoms with Crippen molar-refractivity contribution in [2.45, 2.75) is 39.1 Å². The first-order valence-electron chi connectivity index (χ1n) is 5.70. The third kappa shape index (κ3) is 4.99. The van der Waals surface area contributed by atoms with Crippen molar-refractivity contribution in [1.29, 1.82) is 0 Å². The normalized spacial score (nSPS) is 25.1. The van der Waals surface area contributed by atoms with Gasteiger partial charge in [-0.2, -0.15) is 0 Å². The van der Waals surface area contributed by atoms with Gasteiger partial charge in [0.25, 0.3) is 0 Å². The molecule has 0 aromatic carbocycles. The molecule has 1 aliphatic rings. The Kier molecular flexibility index (Phi) is 5.35. The fourth-order valence-electron chi connectivity index (χ4n) is 1.59. The fraction of sp³-hybridized carbons (Fsp3) is 0.583. The van der Waals surface area contributed by atoms with E-state index in [1.54, 1.807) is 0 Å². The molecule has 106 valence electrons. The first kappa shape index (κ1) is 15.0. The largest absolute Gasteiger partial charge is 0.491 e. The minimum Gasteiger partial charge on any atom is -0.491 e. The lowest BCUT2D eigenvalue weighted by molar-refractivity contribution is -0.178. The van der Waals surface area contributed by atoms with Gasteiger partial charge in [0.05, 0.1) is 6.26 Å². The number of carbonyl (C=O) groups is 3. The number of hydrogen-bond donors (Lipinski definition) is 0. The molecule has 19 heavy (non-hydrogen) atoms. The second kappa shape index (κ2) is 6.77. The average Bonchev–Trinajstić information content (AvgIpc) is 2.28. The van der Waals surface area contributed by atoms with Crippen molar-refractivity contribution >= 4 is 17.9 Å². The van der Waals surface area contributed by atoms with Gasteiger partial charge in [0.2, 0.25) is 0 Å². The molecule has 0 unspecified atom stereocenters. The third-order valence-electron chi connectivity index (χ3n) is 2.27. The Balaban J connectivity index is 2.77. The highest BCUT2D eigenvalue weighted by Gasteiger charge is 2.37. The van der Waals surface area contributed by atoms with Crippen LogP contribution in [0.3, 0.4) is 0 Å². The summed E-state index contributed by atoms with van der Waals surface area (Å²) in [4.78, 5) is 32.9. The number of esters is 3. The van der Waals surface area contributed by atoms with Gasteiger partial charge in [0.15, 0.2) is 18.3 Å². The molecule has 0 amide bonds. The van der Waals surface area contributed by atoms with Crippen molar-refractivity contribution in [3.8, 4) is 0 Å². The molecule has 0 N–H and O–H groups in total. The maximum atomic E-state index is 11.1. The van der Waals surface area contributed by atoms with Crippen LogP contribution in [0.4, 0.5) is 0 Å². The number of hydrogen-bond acceptors (Lipinski definition) is 7. The maximum absolute atomic E-state index is 11.1. The van der Waals surface area contributed by atoms with Crippen molar-refractivity contribution < 1.29 is 33.3 Å². The van der Waals surface area contributed by atoms with Gasteiger partial charge in [-0.1, -0.05) is 0 Å². The molecule has 7 heteroatoms. The molecule has 7 nitrogen and oxygen atoms in total. The van der Waals surface area contributed by atoms with Crippen molar-refractivity contribution in [2.75, 3.05) is 6.61 Å². The summed E-state index contributed by atoms with van der Waals surface area (Å²) in [7, 11) is 0. The van der Waals surface area contributed by atoms with Crippen LogP contribution in [0.15, 0.2) is 12.3 Å². The molecule has 0 aromatic heterocycles. The molecule has 3 atom stereocenters. The van der Waals surface area contributed by atoms with Gasteiger partial charge < -0.3 is 18.9 Å². The van der Waals surface area contributed by atoms with Crippen molar-refractivity contribution in [3.05, 3.63) is 12.3 Å². The molecule has 0 saturated heterocycles. The Morgan fingerprint density at radius 1 is 1.05 bits per heavy atom. The summed E-state index contributed by atoms with van der Waals surface area (Å²) in [5.41, 5.74) is 0. The lowest BCUT2D eigenvalue weighted by atomic mass is 10.1. The lowest BCUT2D eigenvalue weighted by Crippen LogP contribution is -2.47. The van der Waals surface area contributed by atoms with E-state index in [2.05, 4.69) is 0 Å². The number of ether oxygens (including phenoxy) is 4. The van der Waals surface area contributed by atoms with Gasteiger partial charge in [-0.3, -0.25) is 14.4 Å². The van der Waals surface area contributed by atoms with Gasteiger partial charge in [0, 0.05) is 20.8 Å². The van der Waals surface area contributed by atoms with E-state index < -0.39 is 36.2 Å². The van der Waals surface area contributed by atoms with E-state index in [-0.39, 0.29) is 6.61 Å². The van der Waals surface area contributed by atoms with Gasteiger partial charge in [0.1, 0.15) is 6.61 Å². The molecule has 0 saturated carbocycles. The Labute approximate surface area is 110 Å². The highest BCUT2D eigenvalue weighted by molar-refractivity contribution is 5.68. The fourth-order valence-corrected chi connectivity index (χ4v) is 1.59. The van der Waals surface area contributed by atoms with Crippen LogP contribution < -0.4 is 0 Å². The van der Waals surface area contributed by atoms with Crippen LogP contribution in [-0.2, 0) is 33.3 Å². The molecule has 0 spiro atoms. The quantitative estimate of drug-likeness (QED) is 0.538. The highest BCUT2D eigenvalue weighted by Crippen LogP contribution is 2.19. The van der Waals surface area contributed by atoms with Crippen LogP contribution in [0.1, 0.15) is 20.8 Å². The zero-order valence-corrected chi connectivity index (χ0v) is 11.0. The molecule has 0 aromatic rings. The third-order valence-corrected chi connectivity index (χ3v) is 2.27. The molecule has 1 rings (SSSR count). The Morgan fingerprint density at radius 2 is 1.68 bits per heavy atom. The minimum absolute atomic E-state index is 0.102. The van der Waals surface area contributed by atoms with Gasteiger partial charge in [-0.15, -0.1) is 0 Å². The van der Waals surface area contributed by atoms with Crippen LogP contribution >= 0.6 is 0 Å². The first-order chi connectivity index (χ1) is 8.90. The smallest absolute Gasteiger partial charge is 0.303 e. The summed E-state index contributed by atoms with van der Waals surface area (Å²) >= 11 is 0. The van der Waals surface area contributed by atoms with Crippen LogP contribution in [0, 0.1) is 0 Å². The van der Waals surface area contributed by atoms with Crippen LogP contribution in [0.5, 0.6) is 0 Å². The second-order valence-electron chi connectivity index (χ2n) is 3.95. The molecule has 0 fully saturated rings. The molecule has 0 bridgehead atoms. The lowest BCUT2D eigenvalue weighted by Gasteiger charge is -2.32. The van der Waals surface area contributed by atoms with E-state index in [1.807, 2.05) is 0 Å². The van der Waals surface area contributed by atoms with Crippen LogP contribution in [-0.4, -0.2) is 42.8 Å². The standard InChI is InChI=1S/C12H16O7/c1-7(13)17-6-11-12(19-9(3)15)10(4-5-16-11)18-8(2)14/h4-5,10-12H,6H2,1-3H3/t10-,11+,12+/m0/s1. The van der Waals surface area contributed by atoms with Gasteiger partial charge >= 0.3 is 17.9 Å². The SMILES string of the molecule is CC(=O)OC[C@H]1OC=C[C@H](OC(C)=O)[C@H]1OC(C)=O. The van der Waals surface area contributed by atoms with Crippen molar-refractivity contribution in [3.63, 3.8) is 0 Å². The van der Waals surface area contributed by atoms with Gasteiger partial charge in [-0.05, 0) is 6.08 Å². The summed E-state index contributed by atoms with van der Waals surface area (Å²) < 4.78 is 20.1. The predicted octanol–water partition coefficient (Wildman–Crippen LogP) is 0.325. The molecule has 0 radical (unpaired) electrons. The molecule has 0 aliphatic carbocycles. The molecular weight excluding hydrogens is 256 g/mol. The summed E-state index contributed by atoms with van der Waals surface area (Å²) in [6.45, 7) is 3.62. The highest BCUT2D eigenvalue weighted by atomic mass is 16.6. The number of rotatable bonds is 4. The van der Waals surface area contributed by atoms with Crippen molar-refractivity contribution in [1.82, 2.24) is 0 Å². The van der Waals surface area contributed by atoms with Crippen molar-refractivity contribution in [2.24, 2.45) is 0 Å². The minimum atomic E-state index is -0.856. The molecular formula is C12H16O7. The maximum Gasteiger partial charge on any atom is 0.303 e. The van der Waals surface area contributed by atoms with Crippen LogP contribution in [0.25, 0.3) is 0 Å². The predicted molar refractivity (Wildman–Crippen MR) is 61.8 cm³/mol. The summed E-state index contributed by atoms with van der Waals surface area (Å²) in [5, 5.41) is 0. The van der Waals surface area contributed by atoms with E-state index in [4.69, 9.17) is 18.9 Å². The van der Waals surface area contributed by atoms with E-state index in [0.29, 0.717) is 0 Å². The van der Waals surface area contributed by atoms with E-state index in [9.17, 15) is 14.4 Å². The topological polar surface area (TPSA) is 88.1 Å². The monoisotopic (exact) mass is 272 g/mol. The summed E-state index contributed by atoms with van der Waals surface area (Å²) in [5.74, 6) is -1.54.